The smallest absolute Gasteiger partial charge is 0.307 e. The molecule has 0 heterocycles. The molecule has 0 saturated heterocycles. The van der Waals surface area contributed by atoms with Gasteiger partial charge in [0.2, 0.25) is 0 Å². The Morgan fingerprint density at radius 3 is 2.41 bits per heavy atom. The van der Waals surface area contributed by atoms with Crippen LogP contribution in [0.15, 0.2) is 54.6 Å². The van der Waals surface area contributed by atoms with Crippen molar-refractivity contribution in [2.24, 2.45) is 0 Å². The number of aromatic hydroxyl groups is 1. The predicted octanol–water partition coefficient (Wildman–Crippen LogP) is 2.66. The Labute approximate surface area is 130 Å². The normalized spacial score (nSPS) is 11.9. The lowest BCUT2D eigenvalue weighted by Crippen LogP contribution is -2.33. The maximum atomic E-state index is 11.6. The van der Waals surface area contributed by atoms with Crippen LogP contribution in [0.25, 0.3) is 0 Å². The molecule has 22 heavy (non-hydrogen) atoms. The zero-order chi connectivity index (χ0) is 15.8. The van der Waals surface area contributed by atoms with Crippen molar-refractivity contribution in [3.63, 3.8) is 0 Å². The van der Waals surface area contributed by atoms with Crippen LogP contribution in [0, 0.1) is 0 Å². The van der Waals surface area contributed by atoms with Crippen LogP contribution in [-0.4, -0.2) is 24.2 Å². The molecule has 2 aromatic carbocycles. The summed E-state index contributed by atoms with van der Waals surface area (Å²) in [6, 6.07) is 17.1. The highest BCUT2D eigenvalue weighted by Crippen LogP contribution is 2.13. The summed E-state index contributed by atoms with van der Waals surface area (Å²) in [5, 5.41) is 12.7. The molecule has 1 atom stereocenters. The zero-order valence-electron chi connectivity index (χ0n) is 12.7. The lowest BCUT2D eigenvalue weighted by atomic mass is 10.0. The molecule has 4 nitrogen and oxygen atoms in total. The van der Waals surface area contributed by atoms with Crippen molar-refractivity contribution in [2.45, 2.75) is 25.4 Å². The summed E-state index contributed by atoms with van der Waals surface area (Å²) in [7, 11) is 1.40. The molecule has 2 aromatic rings. The Balaban J connectivity index is 1.98. The molecule has 0 bridgehead atoms. The van der Waals surface area contributed by atoms with Gasteiger partial charge in [0.1, 0.15) is 5.75 Å². The van der Waals surface area contributed by atoms with Crippen LogP contribution in [0.4, 0.5) is 0 Å². The van der Waals surface area contributed by atoms with Crippen LogP contribution >= 0.6 is 0 Å². The minimum atomic E-state index is -0.232. The number of phenols is 1. The molecule has 2 N–H and O–H groups in total. The summed E-state index contributed by atoms with van der Waals surface area (Å²) in [6.07, 6.45) is 1.01. The lowest BCUT2D eigenvalue weighted by Gasteiger charge is -2.18. The van der Waals surface area contributed by atoms with Gasteiger partial charge < -0.3 is 15.2 Å². The third-order valence-electron chi connectivity index (χ3n) is 3.50. The average molecular weight is 299 g/mol. The SMILES string of the molecule is COC(=O)CC(Cc1ccc(O)cc1)NCc1ccccc1. The maximum absolute atomic E-state index is 11.6. The Kier molecular flexibility index (Phi) is 5.98. The average Bonchev–Trinajstić information content (AvgIpc) is 2.55. The van der Waals surface area contributed by atoms with E-state index in [0.717, 1.165) is 5.56 Å². The largest absolute Gasteiger partial charge is 0.508 e. The molecule has 0 radical (unpaired) electrons. The molecule has 0 amide bonds. The quantitative estimate of drug-likeness (QED) is 0.772. The molecule has 0 aliphatic carbocycles. The fourth-order valence-electron chi connectivity index (χ4n) is 2.28. The maximum Gasteiger partial charge on any atom is 0.307 e. The standard InChI is InChI=1S/C18H21NO3/c1-22-18(21)12-16(11-14-7-9-17(20)10-8-14)19-13-15-5-3-2-4-6-15/h2-10,16,19-20H,11-13H2,1H3. The van der Waals surface area contributed by atoms with E-state index in [4.69, 9.17) is 4.74 Å². The van der Waals surface area contributed by atoms with Crippen molar-refractivity contribution in [2.75, 3.05) is 7.11 Å². The number of rotatable bonds is 7. The van der Waals surface area contributed by atoms with Crippen molar-refractivity contribution in [3.05, 3.63) is 65.7 Å². The van der Waals surface area contributed by atoms with E-state index in [1.54, 1.807) is 12.1 Å². The van der Waals surface area contributed by atoms with Crippen molar-refractivity contribution >= 4 is 5.97 Å². The van der Waals surface area contributed by atoms with E-state index in [1.807, 2.05) is 42.5 Å². The number of esters is 1. The van der Waals surface area contributed by atoms with E-state index in [2.05, 4.69) is 5.32 Å². The Bertz CT molecular complexity index is 581. The van der Waals surface area contributed by atoms with Gasteiger partial charge in [-0.1, -0.05) is 42.5 Å². The summed E-state index contributed by atoms with van der Waals surface area (Å²) in [6.45, 7) is 0.695. The lowest BCUT2D eigenvalue weighted by molar-refractivity contribution is -0.141. The fraction of sp³-hybridized carbons (Fsp3) is 0.278. The van der Waals surface area contributed by atoms with Gasteiger partial charge in [-0.25, -0.2) is 0 Å². The highest BCUT2D eigenvalue weighted by Gasteiger charge is 2.14. The number of hydrogen-bond donors (Lipinski definition) is 2. The van der Waals surface area contributed by atoms with E-state index >= 15 is 0 Å². The van der Waals surface area contributed by atoms with Gasteiger partial charge in [-0.15, -0.1) is 0 Å². The summed E-state index contributed by atoms with van der Waals surface area (Å²) in [5.74, 6) is 0.00912. The Hall–Kier alpha value is -2.33. The number of carbonyl (C=O) groups excluding carboxylic acids is 1. The van der Waals surface area contributed by atoms with Crippen LogP contribution in [0.2, 0.25) is 0 Å². The van der Waals surface area contributed by atoms with Crippen LogP contribution in [0.5, 0.6) is 5.75 Å². The first-order chi connectivity index (χ1) is 10.7. The second-order valence-electron chi connectivity index (χ2n) is 5.21. The molecule has 2 rings (SSSR count). The van der Waals surface area contributed by atoms with Crippen molar-refractivity contribution in [3.8, 4) is 5.75 Å². The molecule has 116 valence electrons. The van der Waals surface area contributed by atoms with Gasteiger partial charge in [-0.3, -0.25) is 4.79 Å². The number of ether oxygens (including phenoxy) is 1. The molecule has 0 saturated carbocycles. The summed E-state index contributed by atoms with van der Waals surface area (Å²) in [4.78, 5) is 11.6. The van der Waals surface area contributed by atoms with Gasteiger partial charge >= 0.3 is 5.97 Å². The summed E-state index contributed by atoms with van der Waals surface area (Å²) >= 11 is 0. The first-order valence-corrected chi connectivity index (χ1v) is 7.29. The zero-order valence-corrected chi connectivity index (χ0v) is 12.7. The van der Waals surface area contributed by atoms with Crippen molar-refractivity contribution in [1.29, 1.82) is 0 Å². The van der Waals surface area contributed by atoms with E-state index in [1.165, 1.54) is 12.7 Å². The van der Waals surface area contributed by atoms with E-state index in [0.29, 0.717) is 19.4 Å². The number of methoxy groups -OCH3 is 1. The molecular formula is C18H21NO3. The Morgan fingerprint density at radius 2 is 1.77 bits per heavy atom. The predicted molar refractivity (Wildman–Crippen MR) is 85.5 cm³/mol. The fourth-order valence-corrected chi connectivity index (χ4v) is 2.28. The highest BCUT2D eigenvalue weighted by molar-refractivity contribution is 5.70. The summed E-state index contributed by atoms with van der Waals surface area (Å²) < 4.78 is 4.77. The topological polar surface area (TPSA) is 58.6 Å². The third-order valence-corrected chi connectivity index (χ3v) is 3.50. The molecule has 0 fully saturated rings. The second-order valence-corrected chi connectivity index (χ2v) is 5.21. The van der Waals surface area contributed by atoms with Gasteiger partial charge in [0.25, 0.3) is 0 Å². The molecule has 0 aliphatic rings. The molecule has 0 aromatic heterocycles. The number of hydrogen-bond acceptors (Lipinski definition) is 4. The van der Waals surface area contributed by atoms with Gasteiger partial charge in [-0.2, -0.15) is 0 Å². The van der Waals surface area contributed by atoms with E-state index in [-0.39, 0.29) is 17.8 Å². The number of benzene rings is 2. The molecule has 0 spiro atoms. The van der Waals surface area contributed by atoms with Crippen molar-refractivity contribution in [1.82, 2.24) is 5.32 Å². The van der Waals surface area contributed by atoms with E-state index in [9.17, 15) is 9.90 Å². The highest BCUT2D eigenvalue weighted by atomic mass is 16.5. The van der Waals surface area contributed by atoms with Crippen molar-refractivity contribution < 1.29 is 14.6 Å². The Morgan fingerprint density at radius 1 is 1.09 bits per heavy atom. The van der Waals surface area contributed by atoms with E-state index < -0.39 is 0 Å². The number of nitrogens with one attached hydrogen (secondary N) is 1. The van der Waals surface area contributed by atoms with Crippen LogP contribution in [0.1, 0.15) is 17.5 Å². The monoisotopic (exact) mass is 299 g/mol. The first kappa shape index (κ1) is 16.0. The molecule has 4 heteroatoms. The van der Waals surface area contributed by atoms with Gasteiger partial charge in [0, 0.05) is 12.6 Å². The minimum absolute atomic E-state index is 0.0165. The molecule has 0 aliphatic heterocycles. The number of carbonyl (C=O) groups is 1. The van der Waals surface area contributed by atoms with Crippen LogP contribution in [-0.2, 0) is 22.5 Å². The van der Waals surface area contributed by atoms with Gasteiger partial charge in [0.15, 0.2) is 0 Å². The van der Waals surface area contributed by atoms with Gasteiger partial charge in [0.05, 0.1) is 13.5 Å². The summed E-state index contributed by atoms with van der Waals surface area (Å²) in [5.41, 5.74) is 2.23. The second kappa shape index (κ2) is 8.20. The molecule has 1 unspecified atom stereocenters. The molecular weight excluding hydrogens is 278 g/mol. The number of phenolic OH excluding ortho intramolecular Hbond substituents is 1. The van der Waals surface area contributed by atoms with Crippen LogP contribution in [0.3, 0.4) is 0 Å². The third kappa shape index (κ3) is 5.22. The van der Waals surface area contributed by atoms with Crippen LogP contribution < -0.4 is 5.32 Å². The first-order valence-electron chi connectivity index (χ1n) is 7.29. The minimum Gasteiger partial charge on any atom is -0.508 e. The van der Waals surface area contributed by atoms with Gasteiger partial charge in [-0.05, 0) is 29.7 Å².